The maximum atomic E-state index is 11.6. The third-order valence-corrected chi connectivity index (χ3v) is 1.58. The van der Waals surface area contributed by atoms with Crippen molar-refractivity contribution in [1.82, 2.24) is 0 Å². The monoisotopic (exact) mass is 186 g/mol. The molecule has 0 unspecified atom stereocenters. The molecule has 0 aromatic heterocycles. The van der Waals surface area contributed by atoms with E-state index in [1.807, 2.05) is 0 Å². The number of hydrogen-bond donors (Lipinski definition) is 1. The Hall–Kier alpha value is -1.03. The number of benzene rings is 1. The fraction of sp³-hybridized carbons (Fsp3) is 0.125. The van der Waals surface area contributed by atoms with Gasteiger partial charge in [0.05, 0.1) is 0 Å². The van der Waals surface area contributed by atoms with Crippen LogP contribution in [0.2, 0.25) is 0 Å². The molecule has 1 aromatic rings. The van der Waals surface area contributed by atoms with Gasteiger partial charge in [-0.05, 0) is 24.3 Å². The van der Waals surface area contributed by atoms with Crippen molar-refractivity contribution in [3.05, 3.63) is 29.8 Å². The molecule has 0 atom stereocenters. The van der Waals surface area contributed by atoms with E-state index in [2.05, 4.69) is 17.4 Å². The lowest BCUT2D eigenvalue weighted by Gasteiger charge is -2.00. The van der Waals surface area contributed by atoms with E-state index in [0.717, 1.165) is 0 Å². The first-order chi connectivity index (χ1) is 5.74. The largest absolute Gasteiger partial charge is 0.463 e. The first-order valence-corrected chi connectivity index (χ1v) is 3.71. The average Bonchev–Trinajstić information content (AvgIpc) is 2.06. The van der Waals surface area contributed by atoms with E-state index < -0.39 is 6.86 Å². The minimum absolute atomic E-state index is 0.318. The molecule has 0 saturated carbocycles. The number of halogens is 1. The molecule has 64 valence electrons. The average molecular weight is 186 g/mol. The molecule has 0 spiro atoms. The van der Waals surface area contributed by atoms with Gasteiger partial charge in [-0.25, -0.2) is 4.39 Å². The van der Waals surface area contributed by atoms with Crippen molar-refractivity contribution < 1.29 is 13.9 Å². The predicted octanol–water partition coefficient (Wildman–Crippen LogP) is 2.06. The fourth-order valence-corrected chi connectivity index (χ4v) is 0.906. The molecule has 0 N–H and O–H groups in total. The Labute approximate surface area is 74.8 Å². The normalized spacial score (nSPS) is 9.50. The van der Waals surface area contributed by atoms with Crippen molar-refractivity contribution in [1.29, 1.82) is 0 Å². The van der Waals surface area contributed by atoms with Crippen LogP contribution >= 0.6 is 12.6 Å². The lowest BCUT2D eigenvalue weighted by Crippen LogP contribution is -1.91. The molecule has 0 aliphatic rings. The summed E-state index contributed by atoms with van der Waals surface area (Å²) < 4.78 is 16.2. The van der Waals surface area contributed by atoms with Crippen LogP contribution in [-0.2, 0) is 0 Å². The highest BCUT2D eigenvalue weighted by Crippen LogP contribution is 2.13. The van der Waals surface area contributed by atoms with Gasteiger partial charge in [-0.15, -0.1) is 12.6 Å². The third-order valence-electron chi connectivity index (χ3n) is 1.32. The highest BCUT2D eigenvalue weighted by atomic mass is 32.1. The van der Waals surface area contributed by atoms with Crippen LogP contribution in [0, 0.1) is 0 Å². The summed E-state index contributed by atoms with van der Waals surface area (Å²) in [5, 5.41) is -0.318. The van der Waals surface area contributed by atoms with Crippen molar-refractivity contribution >= 4 is 17.7 Å². The number of carbonyl (C=O) groups is 1. The minimum Gasteiger partial charge on any atom is -0.463 e. The van der Waals surface area contributed by atoms with Gasteiger partial charge in [0, 0.05) is 5.56 Å². The van der Waals surface area contributed by atoms with Crippen LogP contribution < -0.4 is 4.74 Å². The molecule has 0 aliphatic carbocycles. The zero-order valence-electron chi connectivity index (χ0n) is 6.16. The number of alkyl halides is 1. The first kappa shape index (κ1) is 9.06. The van der Waals surface area contributed by atoms with Gasteiger partial charge in [0.1, 0.15) is 5.75 Å². The SMILES string of the molecule is O=C(S)c1ccc(OCF)cc1. The van der Waals surface area contributed by atoms with Crippen molar-refractivity contribution in [3.63, 3.8) is 0 Å². The molecule has 1 aromatic carbocycles. The topological polar surface area (TPSA) is 26.3 Å². The second kappa shape index (κ2) is 4.11. The van der Waals surface area contributed by atoms with Crippen molar-refractivity contribution in [2.75, 3.05) is 6.86 Å². The predicted molar refractivity (Wildman–Crippen MR) is 46.4 cm³/mol. The Morgan fingerprint density at radius 1 is 1.42 bits per heavy atom. The van der Waals surface area contributed by atoms with Gasteiger partial charge in [0.25, 0.3) is 0 Å². The van der Waals surface area contributed by atoms with Gasteiger partial charge >= 0.3 is 0 Å². The van der Waals surface area contributed by atoms with E-state index in [-0.39, 0.29) is 5.12 Å². The minimum atomic E-state index is -0.867. The quantitative estimate of drug-likeness (QED) is 0.731. The Morgan fingerprint density at radius 3 is 2.42 bits per heavy atom. The van der Waals surface area contributed by atoms with Crippen LogP contribution in [-0.4, -0.2) is 12.0 Å². The second-order valence-electron chi connectivity index (χ2n) is 2.08. The summed E-state index contributed by atoms with van der Waals surface area (Å²) in [4.78, 5) is 10.7. The van der Waals surface area contributed by atoms with E-state index >= 15 is 0 Å². The van der Waals surface area contributed by atoms with Crippen LogP contribution in [0.25, 0.3) is 0 Å². The number of hydrogen-bond acceptors (Lipinski definition) is 2. The number of carbonyl (C=O) groups excluding carboxylic acids is 1. The maximum absolute atomic E-state index is 11.6. The molecule has 0 radical (unpaired) electrons. The van der Waals surface area contributed by atoms with E-state index in [0.29, 0.717) is 11.3 Å². The Balaban J connectivity index is 2.78. The van der Waals surface area contributed by atoms with E-state index in [1.54, 1.807) is 0 Å². The van der Waals surface area contributed by atoms with E-state index in [1.165, 1.54) is 24.3 Å². The summed E-state index contributed by atoms with van der Waals surface area (Å²) in [6.45, 7) is -0.867. The summed E-state index contributed by atoms with van der Waals surface area (Å²) in [5.41, 5.74) is 0.463. The van der Waals surface area contributed by atoms with E-state index in [9.17, 15) is 9.18 Å². The van der Waals surface area contributed by atoms with E-state index in [4.69, 9.17) is 0 Å². The Morgan fingerprint density at radius 2 is 2.00 bits per heavy atom. The molecular weight excluding hydrogens is 179 g/mol. The second-order valence-corrected chi connectivity index (χ2v) is 2.49. The van der Waals surface area contributed by atoms with Crippen LogP contribution in [0.3, 0.4) is 0 Å². The van der Waals surface area contributed by atoms with Crippen LogP contribution in [0.15, 0.2) is 24.3 Å². The number of thiol groups is 1. The van der Waals surface area contributed by atoms with Gasteiger partial charge < -0.3 is 4.74 Å². The third kappa shape index (κ3) is 2.23. The maximum Gasteiger partial charge on any atom is 0.228 e. The van der Waals surface area contributed by atoms with Gasteiger partial charge in [0.2, 0.25) is 12.0 Å². The standard InChI is InChI=1S/C8H7FO2S/c9-5-11-7-3-1-6(2-4-7)8(10)12/h1-4H,5H2,(H,10,12). The van der Waals surface area contributed by atoms with Crippen LogP contribution in [0.4, 0.5) is 4.39 Å². The van der Waals surface area contributed by atoms with Gasteiger partial charge in [0.15, 0.2) is 0 Å². The highest BCUT2D eigenvalue weighted by molar-refractivity contribution is 7.97. The summed E-state index contributed by atoms with van der Waals surface area (Å²) >= 11 is 3.62. The summed E-state index contributed by atoms with van der Waals surface area (Å²) in [6.07, 6.45) is 0. The molecular formula is C8H7FO2S. The van der Waals surface area contributed by atoms with Gasteiger partial charge in [-0.3, -0.25) is 4.79 Å². The van der Waals surface area contributed by atoms with Crippen molar-refractivity contribution in [2.24, 2.45) is 0 Å². The lowest BCUT2D eigenvalue weighted by molar-refractivity contribution is 0.109. The van der Waals surface area contributed by atoms with Gasteiger partial charge in [-0.2, -0.15) is 0 Å². The Kier molecular flexibility index (Phi) is 3.10. The molecule has 0 fully saturated rings. The molecule has 0 amide bonds. The molecule has 2 nitrogen and oxygen atoms in total. The fourth-order valence-electron chi connectivity index (χ4n) is 0.757. The smallest absolute Gasteiger partial charge is 0.228 e. The lowest BCUT2D eigenvalue weighted by atomic mass is 10.2. The summed E-state index contributed by atoms with van der Waals surface area (Å²) in [5.74, 6) is 0.399. The van der Waals surface area contributed by atoms with Gasteiger partial charge in [-0.1, -0.05) is 0 Å². The van der Waals surface area contributed by atoms with Crippen molar-refractivity contribution in [2.45, 2.75) is 0 Å². The van der Waals surface area contributed by atoms with Crippen molar-refractivity contribution in [3.8, 4) is 5.75 Å². The number of rotatable bonds is 3. The molecule has 0 bridgehead atoms. The molecule has 1 rings (SSSR count). The van der Waals surface area contributed by atoms with Crippen LogP contribution in [0.1, 0.15) is 10.4 Å². The molecule has 0 saturated heterocycles. The number of ether oxygens (including phenoxy) is 1. The zero-order chi connectivity index (χ0) is 8.97. The zero-order valence-corrected chi connectivity index (χ0v) is 7.05. The van der Waals surface area contributed by atoms with Crippen LogP contribution in [0.5, 0.6) is 5.75 Å². The Bertz CT molecular complexity index is 271. The molecule has 4 heteroatoms. The molecule has 0 heterocycles. The summed E-state index contributed by atoms with van der Waals surface area (Å²) in [7, 11) is 0. The molecule has 0 aliphatic heterocycles. The highest BCUT2D eigenvalue weighted by Gasteiger charge is 1.99. The molecule has 12 heavy (non-hydrogen) atoms. The first-order valence-electron chi connectivity index (χ1n) is 3.26. The summed E-state index contributed by atoms with van der Waals surface area (Å²) in [6, 6.07) is 6.09.